The highest BCUT2D eigenvalue weighted by Crippen LogP contribution is 2.33. The molecule has 0 aliphatic carbocycles. The normalized spacial score (nSPS) is 25.6. The van der Waals surface area contributed by atoms with E-state index in [0.717, 1.165) is 27.7 Å². The zero-order chi connectivity index (χ0) is 25.5. The van der Waals surface area contributed by atoms with Crippen molar-refractivity contribution in [3.8, 4) is 6.07 Å². The van der Waals surface area contributed by atoms with E-state index in [1.165, 1.54) is 0 Å². The van der Waals surface area contributed by atoms with Gasteiger partial charge in [-0.05, 0) is 20.8 Å². The Morgan fingerprint density at radius 3 is 1.76 bits per heavy atom. The Kier molecular flexibility index (Phi) is 9.79. The number of nitrogens with zero attached hydrogens (tertiary/aromatic N) is 1. The quantitative estimate of drug-likeness (QED) is 0.375. The van der Waals surface area contributed by atoms with E-state index in [2.05, 4.69) is 0 Å². The molecule has 0 unspecified atom stereocenters. The van der Waals surface area contributed by atoms with Gasteiger partial charge in [0.1, 0.15) is 24.4 Å². The SMILES string of the molecule is CC(=O)OC[C@H]1O[C@@H]([C@H](C#N)C(=O)OC(C)(C)C)[C@H](OC(C)=O)[C@@H](OC(C)=O)[C@H]1OC(C)=O. The van der Waals surface area contributed by atoms with Gasteiger partial charge in [0.2, 0.25) is 0 Å². The number of ether oxygens (including phenoxy) is 6. The van der Waals surface area contributed by atoms with Crippen LogP contribution in [0.2, 0.25) is 0 Å². The highest BCUT2D eigenvalue weighted by molar-refractivity contribution is 5.77. The molecular formula is C21H29NO11. The predicted octanol–water partition coefficient (Wildman–Crippen LogP) is 0.593. The summed E-state index contributed by atoms with van der Waals surface area (Å²) in [6.45, 7) is 8.64. The second kappa shape index (κ2) is 11.6. The molecule has 0 radical (unpaired) electrons. The third-order valence-corrected chi connectivity index (χ3v) is 4.16. The molecule has 1 fully saturated rings. The first-order valence-electron chi connectivity index (χ1n) is 10.1. The molecule has 184 valence electrons. The molecule has 0 bridgehead atoms. The maximum Gasteiger partial charge on any atom is 0.326 e. The Bertz CT molecular complexity index is 810. The van der Waals surface area contributed by atoms with E-state index in [-0.39, 0.29) is 0 Å². The summed E-state index contributed by atoms with van der Waals surface area (Å²) in [4.78, 5) is 59.5. The summed E-state index contributed by atoms with van der Waals surface area (Å²) in [5.74, 6) is -5.77. The third kappa shape index (κ3) is 8.69. The molecule has 0 aromatic rings. The summed E-state index contributed by atoms with van der Waals surface area (Å²) >= 11 is 0. The van der Waals surface area contributed by atoms with Crippen LogP contribution in [0.4, 0.5) is 0 Å². The van der Waals surface area contributed by atoms with Gasteiger partial charge in [0.05, 0.1) is 6.07 Å². The van der Waals surface area contributed by atoms with Gasteiger partial charge < -0.3 is 28.4 Å². The van der Waals surface area contributed by atoms with Crippen LogP contribution in [-0.4, -0.2) is 72.6 Å². The molecule has 0 aromatic carbocycles. The smallest absolute Gasteiger partial charge is 0.326 e. The van der Waals surface area contributed by atoms with E-state index in [0.29, 0.717) is 0 Å². The van der Waals surface area contributed by atoms with Gasteiger partial charge in [-0.1, -0.05) is 0 Å². The fraction of sp³-hybridized carbons (Fsp3) is 0.714. The molecule has 0 N–H and O–H groups in total. The molecule has 0 spiro atoms. The van der Waals surface area contributed by atoms with Crippen molar-refractivity contribution in [2.75, 3.05) is 6.61 Å². The second-order valence-electron chi connectivity index (χ2n) is 8.30. The third-order valence-electron chi connectivity index (χ3n) is 4.16. The number of hydrogen-bond acceptors (Lipinski definition) is 12. The fourth-order valence-electron chi connectivity index (χ4n) is 3.16. The molecule has 0 saturated carbocycles. The molecule has 1 aliphatic rings. The summed E-state index contributed by atoms with van der Waals surface area (Å²) in [5, 5.41) is 9.73. The van der Waals surface area contributed by atoms with Crippen LogP contribution in [0, 0.1) is 17.2 Å². The number of carbonyl (C=O) groups excluding carboxylic acids is 5. The van der Waals surface area contributed by atoms with Crippen LogP contribution >= 0.6 is 0 Å². The van der Waals surface area contributed by atoms with Crippen LogP contribution in [0.1, 0.15) is 48.5 Å². The fourth-order valence-corrected chi connectivity index (χ4v) is 3.16. The number of hydrogen-bond donors (Lipinski definition) is 0. The average molecular weight is 471 g/mol. The number of rotatable bonds is 7. The highest BCUT2D eigenvalue weighted by Gasteiger charge is 2.56. The molecular weight excluding hydrogens is 442 g/mol. The first-order valence-corrected chi connectivity index (χ1v) is 10.1. The largest absolute Gasteiger partial charge is 0.463 e. The highest BCUT2D eigenvalue weighted by atomic mass is 16.7. The van der Waals surface area contributed by atoms with Crippen LogP contribution < -0.4 is 0 Å². The lowest BCUT2D eigenvalue weighted by Crippen LogP contribution is -2.64. The lowest BCUT2D eigenvalue weighted by molar-refractivity contribution is -0.259. The van der Waals surface area contributed by atoms with Crippen LogP contribution in [0.3, 0.4) is 0 Å². The van der Waals surface area contributed by atoms with Gasteiger partial charge in [-0.15, -0.1) is 0 Å². The number of nitriles is 1. The predicted molar refractivity (Wildman–Crippen MR) is 107 cm³/mol. The number of esters is 5. The average Bonchev–Trinajstić information content (AvgIpc) is 2.62. The van der Waals surface area contributed by atoms with Crippen molar-refractivity contribution in [3.63, 3.8) is 0 Å². The zero-order valence-electron chi connectivity index (χ0n) is 19.6. The molecule has 33 heavy (non-hydrogen) atoms. The lowest BCUT2D eigenvalue weighted by Gasteiger charge is -2.45. The molecule has 1 aliphatic heterocycles. The Balaban J connectivity index is 3.54. The van der Waals surface area contributed by atoms with E-state index in [4.69, 9.17) is 28.4 Å². The van der Waals surface area contributed by atoms with Gasteiger partial charge in [0, 0.05) is 27.7 Å². The van der Waals surface area contributed by atoms with Crippen molar-refractivity contribution < 1.29 is 52.4 Å². The van der Waals surface area contributed by atoms with Gasteiger partial charge in [0.25, 0.3) is 0 Å². The molecule has 1 heterocycles. The van der Waals surface area contributed by atoms with Gasteiger partial charge >= 0.3 is 29.8 Å². The monoisotopic (exact) mass is 471 g/mol. The van der Waals surface area contributed by atoms with E-state index in [9.17, 15) is 29.2 Å². The zero-order valence-corrected chi connectivity index (χ0v) is 19.6. The molecule has 1 rings (SSSR count). The van der Waals surface area contributed by atoms with Crippen molar-refractivity contribution in [3.05, 3.63) is 0 Å². The van der Waals surface area contributed by atoms with Gasteiger partial charge in [-0.2, -0.15) is 5.26 Å². The first-order chi connectivity index (χ1) is 15.2. The molecule has 0 aromatic heterocycles. The minimum Gasteiger partial charge on any atom is -0.463 e. The van der Waals surface area contributed by atoms with E-state index in [1.54, 1.807) is 26.8 Å². The molecule has 12 nitrogen and oxygen atoms in total. The number of carbonyl (C=O) groups is 5. The summed E-state index contributed by atoms with van der Waals surface area (Å²) in [7, 11) is 0. The van der Waals surface area contributed by atoms with Gasteiger partial charge in [-0.25, -0.2) is 0 Å². The second-order valence-corrected chi connectivity index (χ2v) is 8.30. The van der Waals surface area contributed by atoms with Crippen molar-refractivity contribution in [1.29, 1.82) is 5.26 Å². The maximum absolute atomic E-state index is 12.7. The van der Waals surface area contributed by atoms with Crippen LogP contribution in [0.5, 0.6) is 0 Å². The van der Waals surface area contributed by atoms with Crippen molar-refractivity contribution in [1.82, 2.24) is 0 Å². The van der Waals surface area contributed by atoms with Gasteiger partial charge in [-0.3, -0.25) is 24.0 Å². The molecule has 1 saturated heterocycles. The van der Waals surface area contributed by atoms with Crippen molar-refractivity contribution in [2.45, 2.75) is 84.6 Å². The van der Waals surface area contributed by atoms with Crippen LogP contribution in [-0.2, 0) is 52.4 Å². The maximum atomic E-state index is 12.7. The van der Waals surface area contributed by atoms with Crippen molar-refractivity contribution in [2.24, 2.45) is 5.92 Å². The first kappa shape index (κ1) is 27.8. The van der Waals surface area contributed by atoms with Crippen LogP contribution in [0.15, 0.2) is 0 Å². The molecule has 12 heteroatoms. The summed E-state index contributed by atoms with van der Waals surface area (Å²) in [5.41, 5.74) is -0.954. The molecule has 0 amide bonds. The minimum absolute atomic E-state index is 0.471. The summed E-state index contributed by atoms with van der Waals surface area (Å²) < 4.78 is 31.9. The summed E-state index contributed by atoms with van der Waals surface area (Å²) in [6.07, 6.45) is -7.17. The van der Waals surface area contributed by atoms with Gasteiger partial charge in [0.15, 0.2) is 24.2 Å². The standard InChI is InChI=1S/C21H29NO11/c1-10(23)28-9-15-17(29-11(2)24)19(31-13(4)26)18(30-12(3)25)16(32-15)14(8-22)20(27)33-21(5,6)7/h14-19H,9H2,1-7H3/t14-,15+,16-,17-,18-,19-/m0/s1. The van der Waals surface area contributed by atoms with E-state index >= 15 is 0 Å². The topological polar surface area (TPSA) is 165 Å². The van der Waals surface area contributed by atoms with Crippen LogP contribution in [0.25, 0.3) is 0 Å². The van der Waals surface area contributed by atoms with E-state index < -0.39 is 78.5 Å². The Labute approximate surface area is 191 Å². The Morgan fingerprint density at radius 2 is 1.33 bits per heavy atom. The minimum atomic E-state index is -1.63. The molecule has 6 atom stereocenters. The van der Waals surface area contributed by atoms with Crippen molar-refractivity contribution >= 4 is 29.8 Å². The lowest BCUT2D eigenvalue weighted by atomic mass is 9.87. The Morgan fingerprint density at radius 1 is 0.848 bits per heavy atom. The summed E-state index contributed by atoms with van der Waals surface area (Å²) in [6, 6.07) is 1.77. The van der Waals surface area contributed by atoms with E-state index in [1.807, 2.05) is 0 Å². The Hall–Kier alpha value is -3.20.